The maximum atomic E-state index is 11.5. The quantitative estimate of drug-likeness (QED) is 0.562. The van der Waals surface area contributed by atoms with E-state index in [-0.39, 0.29) is 11.9 Å². The van der Waals surface area contributed by atoms with Gasteiger partial charge in [-0.1, -0.05) is 0 Å². The Morgan fingerprint density at radius 2 is 2.43 bits per heavy atom. The Hall–Kier alpha value is -1.10. The summed E-state index contributed by atoms with van der Waals surface area (Å²) in [5.74, 6) is 0.144. The van der Waals surface area contributed by atoms with Gasteiger partial charge in [0.15, 0.2) is 0 Å². The van der Waals surface area contributed by atoms with Gasteiger partial charge >= 0.3 is 0 Å². The molecule has 1 unspecified atom stereocenters. The number of nitrogens with two attached hydrogens (primary N) is 1. The van der Waals surface area contributed by atoms with Gasteiger partial charge in [0.25, 0.3) is 0 Å². The molecular weight excluding hydrogens is 182 g/mol. The minimum Gasteiger partial charge on any atom is -0.354 e. The molecule has 2 amide bonds. The minimum absolute atomic E-state index is 0.134. The summed E-state index contributed by atoms with van der Waals surface area (Å²) in [5.41, 5.74) is 5.32. The second-order valence-corrected chi connectivity index (χ2v) is 3.50. The molecular formula is C9H17N3O2. The maximum absolute atomic E-state index is 11.5. The van der Waals surface area contributed by atoms with Crippen LogP contribution >= 0.6 is 0 Å². The molecule has 1 fully saturated rings. The van der Waals surface area contributed by atoms with Gasteiger partial charge in [-0.2, -0.15) is 0 Å². The van der Waals surface area contributed by atoms with Gasteiger partial charge in [-0.3, -0.25) is 9.59 Å². The van der Waals surface area contributed by atoms with Crippen molar-refractivity contribution < 1.29 is 9.59 Å². The van der Waals surface area contributed by atoms with E-state index >= 15 is 0 Å². The Morgan fingerprint density at radius 1 is 1.64 bits per heavy atom. The fraction of sp³-hybridized carbons (Fsp3) is 0.778. The number of rotatable bonds is 5. The van der Waals surface area contributed by atoms with Crippen molar-refractivity contribution in [3.8, 4) is 0 Å². The summed E-state index contributed by atoms with van der Waals surface area (Å²) in [6.45, 7) is 1.94. The zero-order valence-corrected chi connectivity index (χ0v) is 8.24. The van der Waals surface area contributed by atoms with Crippen LogP contribution in [-0.4, -0.2) is 42.9 Å². The van der Waals surface area contributed by atoms with Crippen LogP contribution in [0.15, 0.2) is 0 Å². The van der Waals surface area contributed by atoms with E-state index in [0.717, 1.165) is 19.4 Å². The summed E-state index contributed by atoms with van der Waals surface area (Å²) in [5, 5.41) is 2.69. The Kier molecular flexibility index (Phi) is 4.39. The van der Waals surface area contributed by atoms with Crippen LogP contribution in [0.5, 0.6) is 0 Å². The molecule has 0 radical (unpaired) electrons. The van der Waals surface area contributed by atoms with Gasteiger partial charge in [0.05, 0.1) is 0 Å². The fourth-order valence-corrected chi connectivity index (χ4v) is 1.63. The number of likely N-dealkylation sites (tertiary alicyclic amines) is 1. The van der Waals surface area contributed by atoms with E-state index in [0.29, 0.717) is 25.9 Å². The zero-order chi connectivity index (χ0) is 10.4. The molecule has 1 rings (SSSR count). The Labute approximate surface area is 83.6 Å². The van der Waals surface area contributed by atoms with E-state index in [4.69, 9.17) is 5.73 Å². The lowest BCUT2D eigenvalue weighted by Crippen LogP contribution is -2.34. The van der Waals surface area contributed by atoms with Crippen LogP contribution in [0, 0.1) is 0 Å². The van der Waals surface area contributed by atoms with Gasteiger partial charge in [-0.15, -0.1) is 0 Å². The highest BCUT2D eigenvalue weighted by atomic mass is 16.2. The molecule has 1 aliphatic heterocycles. The average molecular weight is 199 g/mol. The highest BCUT2D eigenvalue weighted by Crippen LogP contribution is 2.10. The molecule has 1 heterocycles. The molecule has 1 atom stereocenters. The van der Waals surface area contributed by atoms with E-state index in [2.05, 4.69) is 5.32 Å². The normalized spacial score (nSPS) is 20.9. The van der Waals surface area contributed by atoms with Crippen LogP contribution in [0.2, 0.25) is 0 Å². The SMILES string of the molecule is NCCCC(=O)N1CCC(NC=O)C1. The summed E-state index contributed by atoms with van der Waals surface area (Å²) in [6, 6.07) is 0.134. The summed E-state index contributed by atoms with van der Waals surface area (Å²) >= 11 is 0. The molecule has 1 aliphatic rings. The molecule has 3 N–H and O–H groups in total. The van der Waals surface area contributed by atoms with Crippen LogP contribution in [0.1, 0.15) is 19.3 Å². The molecule has 5 heteroatoms. The summed E-state index contributed by atoms with van der Waals surface area (Å²) in [4.78, 5) is 23.5. The number of carbonyl (C=O) groups excluding carboxylic acids is 2. The van der Waals surface area contributed by atoms with Crippen LogP contribution in [0.3, 0.4) is 0 Å². The number of amides is 2. The first kappa shape index (κ1) is 11.0. The molecule has 0 aromatic rings. The monoisotopic (exact) mass is 199 g/mol. The topological polar surface area (TPSA) is 75.4 Å². The van der Waals surface area contributed by atoms with E-state index in [1.807, 2.05) is 0 Å². The first-order valence-corrected chi connectivity index (χ1v) is 4.95. The fourth-order valence-electron chi connectivity index (χ4n) is 1.63. The van der Waals surface area contributed by atoms with E-state index in [9.17, 15) is 9.59 Å². The van der Waals surface area contributed by atoms with Crippen molar-refractivity contribution in [3.05, 3.63) is 0 Å². The van der Waals surface area contributed by atoms with Crippen LogP contribution in [0.4, 0.5) is 0 Å². The molecule has 0 bridgehead atoms. The number of hydrogen-bond donors (Lipinski definition) is 2. The average Bonchev–Trinajstić information content (AvgIpc) is 2.63. The lowest BCUT2D eigenvalue weighted by atomic mass is 10.3. The number of carbonyl (C=O) groups is 2. The van der Waals surface area contributed by atoms with E-state index < -0.39 is 0 Å². The third-order valence-electron chi connectivity index (χ3n) is 2.44. The van der Waals surface area contributed by atoms with Gasteiger partial charge in [-0.05, 0) is 19.4 Å². The van der Waals surface area contributed by atoms with Gasteiger partial charge in [0.1, 0.15) is 0 Å². The Bertz CT molecular complexity index is 208. The maximum Gasteiger partial charge on any atom is 0.222 e. The highest BCUT2D eigenvalue weighted by Gasteiger charge is 2.24. The van der Waals surface area contributed by atoms with Gasteiger partial charge in [0.2, 0.25) is 12.3 Å². The van der Waals surface area contributed by atoms with Crippen molar-refractivity contribution in [3.63, 3.8) is 0 Å². The van der Waals surface area contributed by atoms with Crippen molar-refractivity contribution in [2.24, 2.45) is 5.73 Å². The first-order chi connectivity index (χ1) is 6.77. The molecule has 5 nitrogen and oxygen atoms in total. The Balaban J connectivity index is 2.26. The van der Waals surface area contributed by atoms with Gasteiger partial charge < -0.3 is 16.0 Å². The molecule has 0 spiro atoms. The van der Waals surface area contributed by atoms with Crippen molar-refractivity contribution in [1.82, 2.24) is 10.2 Å². The van der Waals surface area contributed by atoms with Crippen LogP contribution < -0.4 is 11.1 Å². The molecule has 1 saturated heterocycles. The lowest BCUT2D eigenvalue weighted by Gasteiger charge is -2.15. The number of hydrogen-bond acceptors (Lipinski definition) is 3. The van der Waals surface area contributed by atoms with Crippen LogP contribution in [0.25, 0.3) is 0 Å². The summed E-state index contributed by atoms with van der Waals surface area (Å²) in [6.07, 6.45) is 2.80. The lowest BCUT2D eigenvalue weighted by molar-refractivity contribution is -0.130. The van der Waals surface area contributed by atoms with Gasteiger partial charge in [-0.25, -0.2) is 0 Å². The first-order valence-electron chi connectivity index (χ1n) is 4.95. The standard InChI is InChI=1S/C9H17N3O2/c10-4-1-2-9(14)12-5-3-8(6-12)11-7-13/h7-8H,1-6,10H2,(H,11,13). The second-order valence-electron chi connectivity index (χ2n) is 3.50. The summed E-state index contributed by atoms with van der Waals surface area (Å²) in [7, 11) is 0. The van der Waals surface area contributed by atoms with E-state index in [1.54, 1.807) is 4.90 Å². The minimum atomic E-state index is 0.134. The van der Waals surface area contributed by atoms with Crippen LogP contribution in [-0.2, 0) is 9.59 Å². The molecule has 0 saturated carbocycles. The molecule has 80 valence electrons. The van der Waals surface area contributed by atoms with Crippen molar-refractivity contribution in [2.45, 2.75) is 25.3 Å². The van der Waals surface area contributed by atoms with E-state index in [1.165, 1.54) is 0 Å². The third kappa shape index (κ3) is 2.99. The summed E-state index contributed by atoms with van der Waals surface area (Å²) < 4.78 is 0. The predicted octanol–water partition coefficient (Wildman–Crippen LogP) is -0.928. The number of nitrogens with zero attached hydrogens (tertiary/aromatic N) is 1. The molecule has 0 aromatic carbocycles. The smallest absolute Gasteiger partial charge is 0.222 e. The Morgan fingerprint density at radius 3 is 3.07 bits per heavy atom. The van der Waals surface area contributed by atoms with Crippen molar-refractivity contribution in [1.29, 1.82) is 0 Å². The molecule has 14 heavy (non-hydrogen) atoms. The van der Waals surface area contributed by atoms with Crippen molar-refractivity contribution in [2.75, 3.05) is 19.6 Å². The van der Waals surface area contributed by atoms with Crippen molar-refractivity contribution >= 4 is 12.3 Å². The number of nitrogens with one attached hydrogen (secondary N) is 1. The zero-order valence-electron chi connectivity index (χ0n) is 8.24. The predicted molar refractivity (Wildman–Crippen MR) is 52.5 cm³/mol. The molecule has 0 aromatic heterocycles. The van der Waals surface area contributed by atoms with Gasteiger partial charge in [0, 0.05) is 25.6 Å². The highest BCUT2D eigenvalue weighted by molar-refractivity contribution is 5.76. The third-order valence-corrected chi connectivity index (χ3v) is 2.44. The second kappa shape index (κ2) is 5.59. The molecule has 0 aliphatic carbocycles. The largest absolute Gasteiger partial charge is 0.354 e.